The number of nitrogens with zero attached hydrogens (tertiary/aromatic N) is 2. The van der Waals surface area contributed by atoms with Gasteiger partial charge in [-0.05, 0) is 55.0 Å². The van der Waals surface area contributed by atoms with E-state index in [0.717, 1.165) is 42.2 Å². The highest BCUT2D eigenvalue weighted by Gasteiger charge is 2.25. The van der Waals surface area contributed by atoms with Gasteiger partial charge in [-0.15, -0.1) is 11.3 Å². The lowest BCUT2D eigenvalue weighted by molar-refractivity contribution is 0.0752. The van der Waals surface area contributed by atoms with E-state index < -0.39 is 0 Å². The van der Waals surface area contributed by atoms with Crippen molar-refractivity contribution in [2.75, 3.05) is 31.1 Å². The lowest BCUT2D eigenvalue weighted by Gasteiger charge is -2.37. The van der Waals surface area contributed by atoms with Gasteiger partial charge in [-0.3, -0.25) is 4.79 Å². The van der Waals surface area contributed by atoms with E-state index in [1.165, 1.54) is 22.4 Å². The largest absolute Gasteiger partial charge is 0.368 e. The Morgan fingerprint density at radius 1 is 0.893 bits per heavy atom. The van der Waals surface area contributed by atoms with Crippen molar-refractivity contribution in [1.29, 1.82) is 0 Å². The molecule has 0 N–H and O–H groups in total. The molecule has 0 radical (unpaired) electrons. The van der Waals surface area contributed by atoms with Crippen molar-refractivity contribution in [2.45, 2.75) is 20.8 Å². The Kier molecular flexibility index (Phi) is 5.23. The summed E-state index contributed by atoms with van der Waals surface area (Å²) in [5.41, 5.74) is 7.34. The lowest BCUT2D eigenvalue weighted by atomic mass is 10.0. The van der Waals surface area contributed by atoms with Gasteiger partial charge in [0, 0.05) is 37.4 Å². The summed E-state index contributed by atoms with van der Waals surface area (Å²) < 4.78 is 0. The minimum atomic E-state index is 0.159. The fourth-order valence-corrected chi connectivity index (χ4v) is 4.69. The van der Waals surface area contributed by atoms with Gasteiger partial charge in [-0.25, -0.2) is 0 Å². The molecule has 4 heteroatoms. The predicted octanol–water partition coefficient (Wildman–Crippen LogP) is 5.30. The molecule has 2 heterocycles. The number of anilines is 1. The molecule has 4 rings (SSSR count). The molecule has 3 aromatic rings. The molecule has 1 aromatic heterocycles. The van der Waals surface area contributed by atoms with Crippen LogP contribution in [0.15, 0.2) is 53.9 Å². The van der Waals surface area contributed by atoms with Crippen molar-refractivity contribution in [3.8, 4) is 11.1 Å². The number of rotatable bonds is 3. The molecule has 1 saturated heterocycles. The highest BCUT2D eigenvalue weighted by atomic mass is 32.1. The molecule has 1 aliphatic heterocycles. The molecule has 0 aliphatic carbocycles. The molecule has 1 aliphatic rings. The normalized spacial score (nSPS) is 14.4. The molecule has 144 valence electrons. The Hall–Kier alpha value is -2.59. The Labute approximate surface area is 171 Å². The van der Waals surface area contributed by atoms with Crippen molar-refractivity contribution in [3.05, 3.63) is 75.5 Å². The van der Waals surface area contributed by atoms with Crippen LogP contribution < -0.4 is 4.90 Å². The van der Waals surface area contributed by atoms with E-state index in [2.05, 4.69) is 74.2 Å². The molecule has 2 aromatic carbocycles. The highest BCUT2D eigenvalue weighted by Crippen LogP contribution is 2.30. The van der Waals surface area contributed by atoms with Gasteiger partial charge in [0.25, 0.3) is 5.91 Å². The number of carbonyl (C=O) groups excluding carboxylic acids is 1. The van der Waals surface area contributed by atoms with Gasteiger partial charge in [0.05, 0.1) is 4.88 Å². The monoisotopic (exact) mass is 390 g/mol. The van der Waals surface area contributed by atoms with E-state index in [0.29, 0.717) is 0 Å². The van der Waals surface area contributed by atoms with Gasteiger partial charge < -0.3 is 9.80 Å². The third-order valence-electron chi connectivity index (χ3n) is 5.71. The van der Waals surface area contributed by atoms with Gasteiger partial charge in [-0.2, -0.15) is 0 Å². The standard InChI is InChI=1S/C24H26N2OS/c1-17-7-9-20(10-8-17)21-11-16-28-23(21)24(27)26-14-12-25(13-15-26)22-6-4-5-18(2)19(22)3/h4-11,16H,12-15H2,1-3H3. The average molecular weight is 391 g/mol. The Bertz CT molecular complexity index is 982. The van der Waals surface area contributed by atoms with E-state index in [4.69, 9.17) is 0 Å². The van der Waals surface area contributed by atoms with Crippen LogP contribution in [0.3, 0.4) is 0 Å². The van der Waals surface area contributed by atoms with E-state index in [9.17, 15) is 4.79 Å². The summed E-state index contributed by atoms with van der Waals surface area (Å²) in [4.78, 5) is 18.5. The maximum atomic E-state index is 13.2. The minimum Gasteiger partial charge on any atom is -0.368 e. The second kappa shape index (κ2) is 7.80. The fourth-order valence-electron chi connectivity index (χ4n) is 3.81. The quantitative estimate of drug-likeness (QED) is 0.606. The number of thiophene rings is 1. The van der Waals surface area contributed by atoms with Gasteiger partial charge >= 0.3 is 0 Å². The van der Waals surface area contributed by atoms with Crippen LogP contribution in [0.5, 0.6) is 0 Å². The molecule has 1 fully saturated rings. The zero-order valence-electron chi connectivity index (χ0n) is 16.7. The van der Waals surface area contributed by atoms with E-state index in [-0.39, 0.29) is 5.91 Å². The van der Waals surface area contributed by atoms with Crippen LogP contribution >= 0.6 is 11.3 Å². The van der Waals surface area contributed by atoms with Crippen molar-refractivity contribution in [1.82, 2.24) is 4.90 Å². The average Bonchev–Trinajstić information content (AvgIpc) is 3.20. The number of benzene rings is 2. The SMILES string of the molecule is Cc1ccc(-c2ccsc2C(=O)N2CCN(c3cccc(C)c3C)CC2)cc1. The van der Waals surface area contributed by atoms with Crippen molar-refractivity contribution < 1.29 is 4.79 Å². The Balaban J connectivity index is 1.49. The van der Waals surface area contributed by atoms with Crippen LogP contribution in [0.2, 0.25) is 0 Å². The number of piperazine rings is 1. The number of amides is 1. The summed E-state index contributed by atoms with van der Waals surface area (Å²) in [6.45, 7) is 9.69. The van der Waals surface area contributed by atoms with Crippen molar-refractivity contribution >= 4 is 22.9 Å². The van der Waals surface area contributed by atoms with E-state index in [1.807, 2.05) is 10.3 Å². The topological polar surface area (TPSA) is 23.6 Å². The summed E-state index contributed by atoms with van der Waals surface area (Å²) >= 11 is 1.55. The number of aryl methyl sites for hydroxylation is 2. The fraction of sp³-hybridized carbons (Fsp3) is 0.292. The predicted molar refractivity (Wildman–Crippen MR) is 119 cm³/mol. The molecule has 0 spiro atoms. The zero-order chi connectivity index (χ0) is 19.7. The van der Waals surface area contributed by atoms with Crippen LogP contribution in [-0.4, -0.2) is 37.0 Å². The van der Waals surface area contributed by atoms with E-state index in [1.54, 1.807) is 11.3 Å². The van der Waals surface area contributed by atoms with Gasteiger partial charge in [0.2, 0.25) is 0 Å². The molecule has 0 saturated carbocycles. The van der Waals surface area contributed by atoms with Crippen LogP contribution in [-0.2, 0) is 0 Å². The smallest absolute Gasteiger partial charge is 0.264 e. The summed E-state index contributed by atoms with van der Waals surface area (Å²) in [5.74, 6) is 0.159. The molecule has 0 unspecified atom stereocenters. The maximum absolute atomic E-state index is 13.2. The van der Waals surface area contributed by atoms with Crippen LogP contribution in [0.1, 0.15) is 26.4 Å². The maximum Gasteiger partial charge on any atom is 0.264 e. The number of hydrogen-bond acceptors (Lipinski definition) is 3. The summed E-state index contributed by atoms with van der Waals surface area (Å²) in [5, 5.41) is 2.02. The highest BCUT2D eigenvalue weighted by molar-refractivity contribution is 7.12. The number of carbonyl (C=O) groups is 1. The third kappa shape index (κ3) is 3.57. The second-order valence-electron chi connectivity index (χ2n) is 7.53. The van der Waals surface area contributed by atoms with Gasteiger partial charge in [0.1, 0.15) is 0 Å². The third-order valence-corrected chi connectivity index (χ3v) is 6.61. The summed E-state index contributed by atoms with van der Waals surface area (Å²) in [7, 11) is 0. The molecular formula is C24H26N2OS. The second-order valence-corrected chi connectivity index (χ2v) is 8.44. The Morgan fingerprint density at radius 2 is 1.61 bits per heavy atom. The van der Waals surface area contributed by atoms with Gasteiger partial charge in [-0.1, -0.05) is 42.0 Å². The zero-order valence-corrected chi connectivity index (χ0v) is 17.6. The summed E-state index contributed by atoms with van der Waals surface area (Å²) in [6, 6.07) is 16.9. The first-order valence-corrected chi connectivity index (χ1v) is 10.7. The molecule has 3 nitrogen and oxygen atoms in total. The van der Waals surface area contributed by atoms with Crippen LogP contribution in [0.4, 0.5) is 5.69 Å². The van der Waals surface area contributed by atoms with Crippen LogP contribution in [0.25, 0.3) is 11.1 Å². The van der Waals surface area contributed by atoms with Crippen molar-refractivity contribution in [3.63, 3.8) is 0 Å². The number of hydrogen-bond donors (Lipinski definition) is 0. The lowest BCUT2D eigenvalue weighted by Crippen LogP contribution is -2.49. The van der Waals surface area contributed by atoms with Crippen LogP contribution in [0, 0.1) is 20.8 Å². The Morgan fingerprint density at radius 3 is 2.32 bits per heavy atom. The van der Waals surface area contributed by atoms with Crippen molar-refractivity contribution in [2.24, 2.45) is 0 Å². The first-order valence-electron chi connectivity index (χ1n) is 9.79. The molecule has 1 amide bonds. The molecule has 28 heavy (non-hydrogen) atoms. The molecule has 0 bridgehead atoms. The first kappa shape index (κ1) is 18.8. The van der Waals surface area contributed by atoms with E-state index >= 15 is 0 Å². The summed E-state index contributed by atoms with van der Waals surface area (Å²) in [6.07, 6.45) is 0. The minimum absolute atomic E-state index is 0.159. The first-order chi connectivity index (χ1) is 13.5. The van der Waals surface area contributed by atoms with Gasteiger partial charge in [0.15, 0.2) is 0 Å². The molecular weight excluding hydrogens is 364 g/mol. The molecule has 0 atom stereocenters.